The normalized spacial score (nSPS) is 18.0. The van der Waals surface area contributed by atoms with E-state index in [2.05, 4.69) is 12.2 Å². The molecule has 3 aromatic carbocycles. The van der Waals surface area contributed by atoms with Gasteiger partial charge in [0.05, 0.1) is 6.61 Å². The lowest BCUT2D eigenvalue weighted by Crippen LogP contribution is -2.37. The number of fused-ring (bicyclic) bond motifs is 2. The fraction of sp³-hybridized carbons (Fsp3) is 0.194. The zero-order chi connectivity index (χ0) is 26.3. The quantitative estimate of drug-likeness (QED) is 0.303. The third-order valence-electron chi connectivity index (χ3n) is 6.61. The summed E-state index contributed by atoms with van der Waals surface area (Å²) in [5, 5.41) is 20.3. The molecule has 1 aromatic heterocycles. The lowest BCUT2D eigenvalue weighted by Gasteiger charge is -2.30. The Bertz CT molecular complexity index is 1650. The van der Waals surface area contributed by atoms with Gasteiger partial charge in [-0.15, -0.1) is 0 Å². The molecular formula is C31H26O7. The Morgan fingerprint density at radius 1 is 0.974 bits per heavy atom. The topological polar surface area (TPSA) is 98.4 Å². The van der Waals surface area contributed by atoms with E-state index in [1.54, 1.807) is 18.2 Å². The molecular weight excluding hydrogens is 484 g/mol. The maximum Gasteiger partial charge on any atom is 0.305 e. The number of ether oxygens (including phenoxy) is 3. The molecule has 1 aliphatic carbocycles. The zero-order valence-electron chi connectivity index (χ0n) is 20.8. The van der Waals surface area contributed by atoms with Gasteiger partial charge < -0.3 is 28.8 Å². The minimum absolute atomic E-state index is 0.0218. The van der Waals surface area contributed by atoms with Crippen LogP contribution in [0.15, 0.2) is 93.7 Å². The molecule has 7 heteroatoms. The highest BCUT2D eigenvalue weighted by atomic mass is 16.7. The molecule has 1 atom stereocenters. The first kappa shape index (κ1) is 23.7. The van der Waals surface area contributed by atoms with E-state index in [-0.39, 0.29) is 40.6 Å². The van der Waals surface area contributed by atoms with Crippen LogP contribution >= 0.6 is 0 Å². The van der Waals surface area contributed by atoms with Crippen LogP contribution in [0.1, 0.15) is 31.7 Å². The molecule has 192 valence electrons. The van der Waals surface area contributed by atoms with E-state index < -0.39 is 11.2 Å². The molecule has 0 radical (unpaired) electrons. The molecule has 0 spiro atoms. The lowest BCUT2D eigenvalue weighted by atomic mass is 9.93. The molecule has 7 nitrogen and oxygen atoms in total. The Hall–Kier alpha value is -4.65. The number of benzene rings is 3. The fourth-order valence-electron chi connectivity index (χ4n) is 4.85. The van der Waals surface area contributed by atoms with Gasteiger partial charge in [-0.3, -0.25) is 4.79 Å². The average Bonchev–Trinajstić information content (AvgIpc) is 3.33. The minimum atomic E-state index is -1.15. The van der Waals surface area contributed by atoms with E-state index in [1.165, 1.54) is 6.07 Å². The van der Waals surface area contributed by atoms with Crippen LogP contribution < -0.4 is 19.6 Å². The number of hydrogen-bond acceptors (Lipinski definition) is 7. The summed E-state index contributed by atoms with van der Waals surface area (Å²) < 4.78 is 25.0. The third kappa shape index (κ3) is 3.87. The SMILES string of the molecule is CCCOc1c(-c2ccc3c(c2)OC(C2=CCCC=C2)(c2ccccc2)O3)oc2cc(O)cc(O)c2c1=O. The van der Waals surface area contributed by atoms with E-state index in [9.17, 15) is 15.0 Å². The first-order chi connectivity index (χ1) is 18.5. The summed E-state index contributed by atoms with van der Waals surface area (Å²) in [6.07, 6.45) is 8.76. The number of phenolic OH excluding ortho intramolecular Hbond substituents is 2. The molecule has 2 aliphatic rings. The van der Waals surface area contributed by atoms with Crippen molar-refractivity contribution in [1.29, 1.82) is 0 Å². The van der Waals surface area contributed by atoms with Gasteiger partial charge in [-0.25, -0.2) is 0 Å². The Morgan fingerprint density at radius 3 is 2.55 bits per heavy atom. The van der Waals surface area contributed by atoms with Gasteiger partial charge in [0.1, 0.15) is 22.5 Å². The molecule has 38 heavy (non-hydrogen) atoms. The monoisotopic (exact) mass is 510 g/mol. The summed E-state index contributed by atoms with van der Waals surface area (Å²) in [5.74, 6) is -0.580. The second-order valence-electron chi connectivity index (χ2n) is 9.26. The molecule has 6 rings (SSSR count). The first-order valence-corrected chi connectivity index (χ1v) is 12.6. The van der Waals surface area contributed by atoms with Crippen LogP contribution in [-0.2, 0) is 5.79 Å². The van der Waals surface area contributed by atoms with Gasteiger partial charge in [-0.1, -0.05) is 55.5 Å². The number of phenols is 2. The standard InChI is InChI=1S/C31H26O7/c1-2-15-35-30-28(34)27-23(33)17-22(32)18-26(27)36-29(30)19-13-14-24-25(16-19)38-31(37-24,20-9-5-3-6-10-20)21-11-7-4-8-12-21/h3,5-7,9-14,16-18,32-33H,2,4,8,15H2,1H3. The first-order valence-electron chi connectivity index (χ1n) is 12.6. The van der Waals surface area contributed by atoms with E-state index in [1.807, 2.05) is 43.3 Å². The summed E-state index contributed by atoms with van der Waals surface area (Å²) in [6.45, 7) is 2.21. The molecule has 0 saturated carbocycles. The van der Waals surface area contributed by atoms with Crippen molar-refractivity contribution in [2.24, 2.45) is 0 Å². The maximum atomic E-state index is 13.4. The highest BCUT2D eigenvalue weighted by Crippen LogP contribution is 2.50. The Labute approximate surface area is 218 Å². The maximum absolute atomic E-state index is 13.4. The molecule has 0 saturated heterocycles. The second-order valence-corrected chi connectivity index (χ2v) is 9.26. The summed E-state index contributed by atoms with van der Waals surface area (Å²) in [4.78, 5) is 13.4. The van der Waals surface area contributed by atoms with Crippen molar-refractivity contribution in [1.82, 2.24) is 0 Å². The predicted octanol–water partition coefficient (Wildman–Crippen LogP) is 6.56. The van der Waals surface area contributed by atoms with Crippen LogP contribution in [0.2, 0.25) is 0 Å². The second kappa shape index (κ2) is 9.34. The van der Waals surface area contributed by atoms with Crippen LogP contribution in [0.25, 0.3) is 22.3 Å². The van der Waals surface area contributed by atoms with Crippen LogP contribution in [0.5, 0.6) is 28.7 Å². The zero-order valence-corrected chi connectivity index (χ0v) is 20.8. The van der Waals surface area contributed by atoms with Crippen molar-refractivity contribution in [3.8, 4) is 40.1 Å². The van der Waals surface area contributed by atoms with Crippen LogP contribution in [0.4, 0.5) is 0 Å². The smallest absolute Gasteiger partial charge is 0.305 e. The number of allylic oxidation sites excluding steroid dienone is 2. The lowest BCUT2D eigenvalue weighted by molar-refractivity contribution is -0.0470. The fourth-order valence-corrected chi connectivity index (χ4v) is 4.85. The molecule has 1 aliphatic heterocycles. The molecule has 0 amide bonds. The third-order valence-corrected chi connectivity index (χ3v) is 6.61. The van der Waals surface area contributed by atoms with Gasteiger partial charge >= 0.3 is 5.79 Å². The summed E-state index contributed by atoms with van der Waals surface area (Å²) in [5.41, 5.74) is 1.80. The van der Waals surface area contributed by atoms with E-state index in [4.69, 9.17) is 18.6 Å². The van der Waals surface area contributed by atoms with Crippen molar-refractivity contribution in [2.75, 3.05) is 6.61 Å². The average molecular weight is 511 g/mol. The number of rotatable bonds is 6. The van der Waals surface area contributed by atoms with Gasteiger partial charge in [-0.05, 0) is 37.5 Å². The minimum Gasteiger partial charge on any atom is -0.508 e. The predicted molar refractivity (Wildman–Crippen MR) is 143 cm³/mol. The van der Waals surface area contributed by atoms with Crippen LogP contribution in [0, 0.1) is 0 Å². The van der Waals surface area contributed by atoms with E-state index in [0.717, 1.165) is 30.0 Å². The van der Waals surface area contributed by atoms with Crippen molar-refractivity contribution < 1.29 is 28.8 Å². The highest BCUT2D eigenvalue weighted by Gasteiger charge is 2.46. The Kier molecular flexibility index (Phi) is 5.83. The molecule has 0 fully saturated rings. The molecule has 0 bridgehead atoms. The van der Waals surface area contributed by atoms with Crippen LogP contribution in [-0.4, -0.2) is 16.8 Å². The Balaban J connectivity index is 1.49. The van der Waals surface area contributed by atoms with Gasteiger partial charge in [0.15, 0.2) is 17.3 Å². The summed E-state index contributed by atoms with van der Waals surface area (Å²) in [6, 6.07) is 17.4. The van der Waals surface area contributed by atoms with Gasteiger partial charge in [0.25, 0.3) is 0 Å². The molecule has 2 N–H and O–H groups in total. The van der Waals surface area contributed by atoms with Crippen molar-refractivity contribution >= 4 is 11.0 Å². The van der Waals surface area contributed by atoms with Crippen molar-refractivity contribution in [3.05, 3.63) is 100 Å². The Morgan fingerprint density at radius 2 is 1.79 bits per heavy atom. The van der Waals surface area contributed by atoms with Crippen LogP contribution in [0.3, 0.4) is 0 Å². The largest absolute Gasteiger partial charge is 0.508 e. The van der Waals surface area contributed by atoms with Crippen molar-refractivity contribution in [2.45, 2.75) is 32.0 Å². The molecule has 4 aromatic rings. The van der Waals surface area contributed by atoms with Gasteiger partial charge in [0.2, 0.25) is 11.2 Å². The number of aromatic hydroxyl groups is 2. The van der Waals surface area contributed by atoms with E-state index in [0.29, 0.717) is 23.5 Å². The number of hydrogen-bond donors (Lipinski definition) is 2. The highest BCUT2D eigenvalue weighted by molar-refractivity contribution is 5.88. The summed E-state index contributed by atoms with van der Waals surface area (Å²) >= 11 is 0. The molecule has 1 unspecified atom stereocenters. The van der Waals surface area contributed by atoms with Crippen molar-refractivity contribution in [3.63, 3.8) is 0 Å². The van der Waals surface area contributed by atoms with Gasteiger partial charge in [0, 0.05) is 28.8 Å². The van der Waals surface area contributed by atoms with E-state index >= 15 is 0 Å². The summed E-state index contributed by atoms with van der Waals surface area (Å²) in [7, 11) is 0. The van der Waals surface area contributed by atoms with Gasteiger partial charge in [-0.2, -0.15) is 0 Å². The molecule has 2 heterocycles.